The molecule has 1 aliphatic rings. The van der Waals surface area contributed by atoms with Crippen LogP contribution < -0.4 is 5.73 Å². The van der Waals surface area contributed by atoms with Crippen molar-refractivity contribution >= 4 is 10.0 Å². The molecule has 0 aromatic rings. The maximum Gasteiger partial charge on any atom is 0.214 e. The first kappa shape index (κ1) is 14.9. The summed E-state index contributed by atoms with van der Waals surface area (Å²) in [5, 5.41) is 0. The summed E-state index contributed by atoms with van der Waals surface area (Å²) in [7, 11) is -1.06. The Labute approximate surface area is 105 Å². The van der Waals surface area contributed by atoms with Crippen molar-refractivity contribution in [1.82, 2.24) is 9.21 Å². The zero-order chi connectivity index (χ0) is 12.9. The largest absolute Gasteiger partial charge is 0.330 e. The Balaban J connectivity index is 2.62. The van der Waals surface area contributed by atoms with E-state index in [1.54, 1.807) is 4.31 Å². The van der Waals surface area contributed by atoms with E-state index < -0.39 is 10.0 Å². The summed E-state index contributed by atoms with van der Waals surface area (Å²) in [4.78, 5) is 2.19. The number of nitrogens with two attached hydrogens (primary N) is 1. The molecule has 0 aliphatic carbocycles. The van der Waals surface area contributed by atoms with Gasteiger partial charge in [0.05, 0.1) is 5.75 Å². The van der Waals surface area contributed by atoms with Gasteiger partial charge in [-0.15, -0.1) is 0 Å². The summed E-state index contributed by atoms with van der Waals surface area (Å²) in [5.41, 5.74) is 5.39. The van der Waals surface area contributed by atoms with Gasteiger partial charge >= 0.3 is 0 Å². The molecule has 1 fully saturated rings. The highest BCUT2D eigenvalue weighted by Gasteiger charge is 2.29. The smallest absolute Gasteiger partial charge is 0.214 e. The van der Waals surface area contributed by atoms with Gasteiger partial charge in [-0.25, -0.2) is 8.42 Å². The van der Waals surface area contributed by atoms with Crippen LogP contribution in [0.4, 0.5) is 0 Å². The summed E-state index contributed by atoms with van der Waals surface area (Å²) < 4.78 is 26.1. The van der Waals surface area contributed by atoms with Gasteiger partial charge in [0, 0.05) is 19.1 Å². The van der Waals surface area contributed by atoms with Crippen molar-refractivity contribution in [3.8, 4) is 0 Å². The van der Waals surface area contributed by atoms with E-state index in [1.807, 2.05) is 14.0 Å². The van der Waals surface area contributed by atoms with Gasteiger partial charge in [-0.1, -0.05) is 0 Å². The maximum atomic E-state index is 12.2. The van der Waals surface area contributed by atoms with Gasteiger partial charge in [0.1, 0.15) is 0 Å². The van der Waals surface area contributed by atoms with Crippen LogP contribution in [0.1, 0.15) is 26.2 Å². The van der Waals surface area contributed by atoms with Crippen molar-refractivity contribution in [3.05, 3.63) is 0 Å². The summed E-state index contributed by atoms with van der Waals surface area (Å²) in [6.07, 6.45) is 2.36. The van der Waals surface area contributed by atoms with Crippen molar-refractivity contribution < 1.29 is 8.42 Å². The number of hydrogen-bond acceptors (Lipinski definition) is 4. The van der Waals surface area contributed by atoms with E-state index in [1.165, 1.54) is 0 Å². The molecule has 0 bridgehead atoms. The molecule has 2 N–H and O–H groups in total. The van der Waals surface area contributed by atoms with Gasteiger partial charge in [0.25, 0.3) is 0 Å². The van der Waals surface area contributed by atoms with E-state index in [-0.39, 0.29) is 11.8 Å². The number of likely N-dealkylation sites (N-methyl/N-ethyl adjacent to an activating group) is 1. The lowest BCUT2D eigenvalue weighted by Crippen LogP contribution is -2.43. The second-order valence-corrected chi connectivity index (χ2v) is 6.93. The van der Waals surface area contributed by atoms with Gasteiger partial charge in [-0.3, -0.25) is 0 Å². The fraction of sp³-hybridized carbons (Fsp3) is 1.00. The van der Waals surface area contributed by atoms with E-state index >= 15 is 0 Å². The topological polar surface area (TPSA) is 66.6 Å². The Hall–Kier alpha value is -0.170. The lowest BCUT2D eigenvalue weighted by molar-refractivity contribution is 0.290. The number of nitrogens with zero attached hydrogens (tertiary/aromatic N) is 2. The molecule has 0 spiro atoms. The van der Waals surface area contributed by atoms with Crippen LogP contribution in [0, 0.1) is 0 Å². The molecule has 1 saturated heterocycles. The lowest BCUT2D eigenvalue weighted by Gasteiger charge is -2.27. The van der Waals surface area contributed by atoms with E-state index in [2.05, 4.69) is 4.90 Å². The molecule has 5 nitrogen and oxygen atoms in total. The van der Waals surface area contributed by atoms with Crippen LogP contribution in [-0.2, 0) is 10.0 Å². The Morgan fingerprint density at radius 1 is 1.29 bits per heavy atom. The minimum absolute atomic E-state index is 0.0744. The van der Waals surface area contributed by atoms with Crippen LogP contribution >= 0.6 is 0 Å². The van der Waals surface area contributed by atoms with Crippen molar-refractivity contribution in [3.63, 3.8) is 0 Å². The molecule has 102 valence electrons. The van der Waals surface area contributed by atoms with Crippen LogP contribution in [-0.4, -0.2) is 62.6 Å². The van der Waals surface area contributed by atoms with Crippen molar-refractivity contribution in [2.24, 2.45) is 5.73 Å². The Morgan fingerprint density at radius 3 is 2.65 bits per heavy atom. The Morgan fingerprint density at radius 2 is 2.00 bits per heavy atom. The molecule has 0 amide bonds. The van der Waals surface area contributed by atoms with Crippen LogP contribution in [0.25, 0.3) is 0 Å². The first-order valence-corrected chi connectivity index (χ1v) is 7.96. The molecule has 1 heterocycles. The Bertz CT molecular complexity index is 319. The normalized spacial score (nSPS) is 24.8. The van der Waals surface area contributed by atoms with Crippen LogP contribution in [0.5, 0.6) is 0 Å². The highest BCUT2D eigenvalue weighted by Crippen LogP contribution is 2.14. The number of sulfonamides is 1. The molecule has 17 heavy (non-hydrogen) atoms. The average molecular weight is 263 g/mol. The van der Waals surface area contributed by atoms with Crippen molar-refractivity contribution in [1.29, 1.82) is 0 Å². The van der Waals surface area contributed by atoms with E-state index in [9.17, 15) is 8.42 Å². The zero-order valence-corrected chi connectivity index (χ0v) is 11.7. The standard InChI is InChI=1S/C11H25N3O2S/c1-11-10-13(2)7-5-8-14(11)17(15,16)9-4-3-6-12/h11H,3-10,12H2,1-2H3. The molecule has 6 heteroatoms. The monoisotopic (exact) mass is 263 g/mol. The summed E-state index contributed by atoms with van der Waals surface area (Å²) >= 11 is 0. The minimum atomic E-state index is -3.10. The first-order chi connectivity index (χ1) is 7.97. The number of hydrogen-bond donors (Lipinski definition) is 1. The van der Waals surface area contributed by atoms with Gasteiger partial charge in [-0.2, -0.15) is 4.31 Å². The maximum absolute atomic E-state index is 12.2. The quantitative estimate of drug-likeness (QED) is 0.714. The van der Waals surface area contributed by atoms with Crippen molar-refractivity contribution in [2.75, 3.05) is 39.0 Å². The molecular weight excluding hydrogens is 238 g/mol. The SMILES string of the molecule is CC1CN(C)CCCN1S(=O)(=O)CCCCN. The summed E-state index contributed by atoms with van der Waals surface area (Å²) in [5.74, 6) is 0.234. The molecule has 0 saturated carbocycles. The molecule has 1 unspecified atom stereocenters. The van der Waals surface area contributed by atoms with Crippen LogP contribution in [0.15, 0.2) is 0 Å². The summed E-state index contributed by atoms with van der Waals surface area (Å²) in [6, 6.07) is 0.0744. The third-order valence-corrected chi connectivity index (χ3v) is 5.26. The second-order valence-electron chi connectivity index (χ2n) is 4.89. The molecule has 1 aliphatic heterocycles. The predicted molar refractivity (Wildman–Crippen MR) is 70.4 cm³/mol. The van der Waals surface area contributed by atoms with Crippen LogP contribution in [0.2, 0.25) is 0 Å². The molecule has 0 aromatic heterocycles. The lowest BCUT2D eigenvalue weighted by atomic mass is 10.3. The van der Waals surface area contributed by atoms with E-state index in [0.717, 1.165) is 25.9 Å². The van der Waals surface area contributed by atoms with E-state index in [0.29, 0.717) is 19.5 Å². The van der Waals surface area contributed by atoms with Crippen molar-refractivity contribution in [2.45, 2.75) is 32.2 Å². The Kier molecular flexibility index (Phi) is 5.85. The van der Waals surface area contributed by atoms with E-state index in [4.69, 9.17) is 5.73 Å². The molecular formula is C11H25N3O2S. The first-order valence-electron chi connectivity index (χ1n) is 6.35. The molecule has 1 atom stereocenters. The van der Waals surface area contributed by atoms with Gasteiger partial charge < -0.3 is 10.6 Å². The summed E-state index contributed by atoms with van der Waals surface area (Å²) in [6.45, 7) is 4.99. The number of rotatable bonds is 5. The fourth-order valence-electron chi connectivity index (χ4n) is 2.31. The molecule has 0 radical (unpaired) electrons. The molecule has 1 rings (SSSR count). The average Bonchev–Trinajstić information content (AvgIpc) is 2.39. The van der Waals surface area contributed by atoms with Gasteiger partial charge in [-0.05, 0) is 46.3 Å². The predicted octanol–water partition coefficient (Wildman–Crippen LogP) is 0.0811. The van der Waals surface area contributed by atoms with Gasteiger partial charge in [0.15, 0.2) is 0 Å². The molecule has 0 aromatic carbocycles. The third-order valence-electron chi connectivity index (χ3n) is 3.20. The van der Waals surface area contributed by atoms with Crippen LogP contribution in [0.3, 0.4) is 0 Å². The second kappa shape index (κ2) is 6.68. The zero-order valence-electron chi connectivity index (χ0n) is 10.9. The highest BCUT2D eigenvalue weighted by molar-refractivity contribution is 7.89. The fourth-order valence-corrected chi connectivity index (χ4v) is 4.14. The third kappa shape index (κ3) is 4.54. The van der Waals surface area contributed by atoms with Gasteiger partial charge in [0.2, 0.25) is 10.0 Å². The minimum Gasteiger partial charge on any atom is -0.330 e. The number of unbranched alkanes of at least 4 members (excludes halogenated alkanes) is 1. The highest BCUT2D eigenvalue weighted by atomic mass is 32.2.